The summed E-state index contributed by atoms with van der Waals surface area (Å²) in [6.07, 6.45) is 6.04. The minimum atomic E-state index is -3.67. The van der Waals surface area contributed by atoms with Crippen molar-refractivity contribution >= 4 is 21.6 Å². The summed E-state index contributed by atoms with van der Waals surface area (Å²) in [5, 5.41) is 10.5. The first-order valence-electron chi connectivity index (χ1n) is 5.84. The monoisotopic (exact) mass is 297 g/mol. The second kappa shape index (κ2) is 4.37. The Labute approximate surface area is 116 Å². The summed E-state index contributed by atoms with van der Waals surface area (Å²) < 4.78 is 26.2. The van der Waals surface area contributed by atoms with E-state index in [1.165, 1.54) is 34.8 Å². The van der Waals surface area contributed by atoms with Gasteiger partial charge in [-0.25, -0.2) is 8.42 Å². The molecule has 6 heteroatoms. The zero-order valence-electron chi connectivity index (χ0n) is 9.85. The standard InChI is InChI=1S/C13H12ClNO3S/c14-10-2-4-11(5-3-10)19(17,18)15-8-7-9-1-6-12(15)13(9)16/h1-9,12-13,16H. The Morgan fingerprint density at radius 3 is 2.47 bits per heavy atom. The number of aliphatic hydroxyl groups is 1. The van der Waals surface area contributed by atoms with E-state index in [4.69, 9.17) is 11.6 Å². The SMILES string of the molecule is O=S(=O)(c1ccc(Cl)cc1)N1C=CC2C=CC1C2O. The van der Waals surface area contributed by atoms with Crippen LogP contribution in [0, 0.1) is 5.92 Å². The van der Waals surface area contributed by atoms with Gasteiger partial charge in [-0.3, -0.25) is 4.31 Å². The molecule has 0 fully saturated rings. The van der Waals surface area contributed by atoms with Crippen LogP contribution < -0.4 is 0 Å². The van der Waals surface area contributed by atoms with Gasteiger partial charge >= 0.3 is 0 Å². The summed E-state index contributed by atoms with van der Waals surface area (Å²) in [6.45, 7) is 0. The predicted molar refractivity (Wildman–Crippen MR) is 72.0 cm³/mol. The minimum Gasteiger partial charge on any atom is -0.390 e. The number of benzene rings is 1. The van der Waals surface area contributed by atoms with Crippen molar-refractivity contribution in [2.75, 3.05) is 0 Å². The maximum absolute atomic E-state index is 12.5. The first-order valence-corrected chi connectivity index (χ1v) is 7.66. The second-order valence-electron chi connectivity index (χ2n) is 4.57. The van der Waals surface area contributed by atoms with Gasteiger partial charge in [0.1, 0.15) is 0 Å². The third kappa shape index (κ3) is 1.98. The molecule has 0 saturated carbocycles. The van der Waals surface area contributed by atoms with E-state index >= 15 is 0 Å². The summed E-state index contributed by atoms with van der Waals surface area (Å²) >= 11 is 5.76. The van der Waals surface area contributed by atoms with Crippen LogP contribution in [0.3, 0.4) is 0 Å². The van der Waals surface area contributed by atoms with Crippen LogP contribution in [0.15, 0.2) is 53.6 Å². The molecule has 1 aromatic rings. The van der Waals surface area contributed by atoms with E-state index in [1.54, 1.807) is 12.2 Å². The third-order valence-corrected chi connectivity index (χ3v) is 5.45. The van der Waals surface area contributed by atoms with Gasteiger partial charge in [-0.1, -0.05) is 29.8 Å². The number of hydrogen-bond donors (Lipinski definition) is 1. The molecule has 1 heterocycles. The molecule has 0 amide bonds. The van der Waals surface area contributed by atoms with Crippen molar-refractivity contribution in [3.8, 4) is 0 Å². The Kier molecular flexibility index (Phi) is 2.92. The molecule has 3 atom stereocenters. The summed E-state index contributed by atoms with van der Waals surface area (Å²) in [5.74, 6) is -0.0957. The lowest BCUT2D eigenvalue weighted by Crippen LogP contribution is -2.44. The normalized spacial score (nSPS) is 28.9. The molecule has 2 aliphatic rings. The molecular weight excluding hydrogens is 286 g/mol. The lowest BCUT2D eigenvalue weighted by atomic mass is 10.0. The Hall–Kier alpha value is -1.30. The zero-order chi connectivity index (χ0) is 13.6. The van der Waals surface area contributed by atoms with Crippen molar-refractivity contribution in [2.45, 2.75) is 17.0 Å². The molecule has 1 aliphatic carbocycles. The fraction of sp³-hybridized carbons (Fsp3) is 0.231. The summed E-state index contributed by atoms with van der Waals surface area (Å²) in [5.41, 5.74) is 0. The van der Waals surface area contributed by atoms with E-state index in [1.807, 2.05) is 6.08 Å². The van der Waals surface area contributed by atoms with Gasteiger partial charge in [0.25, 0.3) is 10.0 Å². The Morgan fingerprint density at radius 2 is 1.79 bits per heavy atom. The van der Waals surface area contributed by atoms with Crippen LogP contribution in [0.4, 0.5) is 0 Å². The molecule has 4 nitrogen and oxygen atoms in total. The average molecular weight is 298 g/mol. The van der Waals surface area contributed by atoms with Crippen molar-refractivity contribution in [2.24, 2.45) is 5.92 Å². The van der Waals surface area contributed by atoms with Crippen LogP contribution in [-0.2, 0) is 10.0 Å². The van der Waals surface area contributed by atoms with E-state index in [0.717, 1.165) is 0 Å². The number of sulfonamides is 1. The molecule has 0 radical (unpaired) electrons. The number of fused-ring (bicyclic) bond motifs is 2. The molecule has 1 aromatic carbocycles. The van der Waals surface area contributed by atoms with Gasteiger partial charge in [0.05, 0.1) is 17.0 Å². The fourth-order valence-corrected chi connectivity index (χ4v) is 3.96. The highest BCUT2D eigenvalue weighted by atomic mass is 35.5. The molecular formula is C13H12ClNO3S. The van der Waals surface area contributed by atoms with Gasteiger partial charge in [0.2, 0.25) is 0 Å². The number of halogens is 1. The van der Waals surface area contributed by atoms with Crippen molar-refractivity contribution < 1.29 is 13.5 Å². The van der Waals surface area contributed by atoms with Crippen molar-refractivity contribution in [3.63, 3.8) is 0 Å². The molecule has 1 aliphatic heterocycles. The molecule has 19 heavy (non-hydrogen) atoms. The van der Waals surface area contributed by atoms with E-state index < -0.39 is 22.2 Å². The first-order chi connectivity index (χ1) is 9.00. The molecule has 100 valence electrons. The molecule has 0 aromatic heterocycles. The van der Waals surface area contributed by atoms with Crippen LogP contribution >= 0.6 is 11.6 Å². The van der Waals surface area contributed by atoms with Crippen molar-refractivity contribution in [1.29, 1.82) is 0 Å². The van der Waals surface area contributed by atoms with Gasteiger partial charge in [0, 0.05) is 17.1 Å². The van der Waals surface area contributed by atoms with Crippen molar-refractivity contribution in [3.05, 3.63) is 53.7 Å². The highest BCUT2D eigenvalue weighted by Gasteiger charge is 2.40. The highest BCUT2D eigenvalue weighted by molar-refractivity contribution is 7.89. The molecule has 3 rings (SSSR count). The van der Waals surface area contributed by atoms with Crippen molar-refractivity contribution in [1.82, 2.24) is 4.31 Å². The Morgan fingerprint density at radius 1 is 1.11 bits per heavy atom. The smallest absolute Gasteiger partial charge is 0.264 e. The van der Waals surface area contributed by atoms with E-state index in [0.29, 0.717) is 5.02 Å². The summed E-state index contributed by atoms with van der Waals surface area (Å²) in [7, 11) is -3.67. The van der Waals surface area contributed by atoms with E-state index in [-0.39, 0.29) is 10.8 Å². The second-order valence-corrected chi connectivity index (χ2v) is 6.85. The minimum absolute atomic E-state index is 0.0957. The van der Waals surface area contributed by atoms with Crippen LogP contribution in [0.25, 0.3) is 0 Å². The Bertz CT molecular complexity index is 651. The zero-order valence-corrected chi connectivity index (χ0v) is 11.4. The van der Waals surface area contributed by atoms with Gasteiger partial charge in [-0.05, 0) is 24.3 Å². The van der Waals surface area contributed by atoms with E-state index in [2.05, 4.69) is 0 Å². The maximum atomic E-state index is 12.5. The predicted octanol–water partition coefficient (Wildman–Crippen LogP) is 1.77. The number of rotatable bonds is 2. The maximum Gasteiger partial charge on any atom is 0.264 e. The van der Waals surface area contributed by atoms with Gasteiger partial charge in [-0.2, -0.15) is 0 Å². The fourth-order valence-electron chi connectivity index (χ4n) is 2.36. The quantitative estimate of drug-likeness (QED) is 0.847. The summed E-state index contributed by atoms with van der Waals surface area (Å²) in [6, 6.07) is 5.46. The van der Waals surface area contributed by atoms with Crippen LogP contribution in [0.5, 0.6) is 0 Å². The largest absolute Gasteiger partial charge is 0.390 e. The van der Waals surface area contributed by atoms with Crippen LogP contribution in [0.1, 0.15) is 0 Å². The lowest BCUT2D eigenvalue weighted by molar-refractivity contribution is 0.105. The Balaban J connectivity index is 2.02. The molecule has 3 unspecified atom stereocenters. The molecule has 1 N–H and O–H groups in total. The first kappa shape index (κ1) is 12.7. The molecule has 2 bridgehead atoms. The average Bonchev–Trinajstić information content (AvgIpc) is 2.63. The number of aliphatic hydroxyl groups excluding tert-OH is 1. The van der Waals surface area contributed by atoms with Gasteiger partial charge < -0.3 is 5.11 Å². The van der Waals surface area contributed by atoms with Crippen LogP contribution in [0.2, 0.25) is 5.02 Å². The van der Waals surface area contributed by atoms with Crippen LogP contribution in [-0.4, -0.2) is 30.0 Å². The number of nitrogens with zero attached hydrogens (tertiary/aromatic N) is 1. The molecule has 0 spiro atoms. The van der Waals surface area contributed by atoms with Gasteiger partial charge in [-0.15, -0.1) is 0 Å². The van der Waals surface area contributed by atoms with E-state index in [9.17, 15) is 13.5 Å². The summed E-state index contributed by atoms with van der Waals surface area (Å²) in [4.78, 5) is 0.160. The topological polar surface area (TPSA) is 57.6 Å². The highest BCUT2D eigenvalue weighted by Crippen LogP contribution is 2.33. The number of hydrogen-bond acceptors (Lipinski definition) is 3. The van der Waals surface area contributed by atoms with Gasteiger partial charge in [0.15, 0.2) is 0 Å². The molecule has 0 saturated heterocycles. The lowest BCUT2D eigenvalue weighted by Gasteiger charge is -2.33. The third-order valence-electron chi connectivity index (χ3n) is 3.41.